The van der Waals surface area contributed by atoms with Crippen molar-refractivity contribution in [3.63, 3.8) is 0 Å². The van der Waals surface area contributed by atoms with Crippen LogP contribution in [0, 0.1) is 0 Å². The fourth-order valence-corrected chi connectivity index (χ4v) is 0. The van der Waals surface area contributed by atoms with Gasteiger partial charge in [0.25, 0.3) is 0 Å². The second-order valence-electron chi connectivity index (χ2n) is 0.160. The van der Waals surface area contributed by atoms with Crippen LogP contribution in [-0.4, -0.2) is 4.27 Å². The molecule has 0 saturated heterocycles. The van der Waals surface area contributed by atoms with Gasteiger partial charge in [-0.3, -0.25) is 0 Å². The topological polar surface area (TPSA) is 17.1 Å². The van der Waals surface area contributed by atoms with Gasteiger partial charge in [-0.15, -0.1) is 0 Å². The molecule has 0 aromatic carbocycles. The zero-order valence-electron chi connectivity index (χ0n) is 1.69. The van der Waals surface area contributed by atoms with Gasteiger partial charge in [0.05, 0.1) is 0 Å². The summed E-state index contributed by atoms with van der Waals surface area (Å²) in [5.41, 5.74) is 0. The second kappa shape index (κ2) is 3.75. The van der Waals surface area contributed by atoms with Gasteiger partial charge in [-0.1, -0.05) is 0 Å². The SMILES string of the molecule is O=[C]=[Mo][Br]. The fraction of sp³-hybridized carbons (Fsp3) is 0. The first-order valence-electron chi connectivity index (χ1n) is 0.563. The van der Waals surface area contributed by atoms with Crippen LogP contribution >= 0.6 is 13.3 Å². The molecule has 0 fully saturated rings. The van der Waals surface area contributed by atoms with Crippen molar-refractivity contribution in [1.29, 1.82) is 0 Å². The molecule has 0 aliphatic carbocycles. The van der Waals surface area contributed by atoms with Gasteiger partial charge >= 0.3 is 38.4 Å². The normalized spacial score (nSPS) is 4.25. The maximum atomic E-state index is 9.06. The fourth-order valence-electron chi connectivity index (χ4n) is 0. The number of carbonyl (C=O) groups excluding carboxylic acids is 1. The Bertz CT molecular complexity index is 46.0. The van der Waals surface area contributed by atoms with Crippen molar-refractivity contribution in [2.75, 3.05) is 0 Å². The Morgan fingerprint density at radius 3 is 2.25 bits per heavy atom. The third-order valence-electron chi connectivity index (χ3n) is 0.0315. The molecule has 3 heteroatoms. The molecule has 0 aliphatic heterocycles. The van der Waals surface area contributed by atoms with Crippen LogP contribution in [0.15, 0.2) is 0 Å². The summed E-state index contributed by atoms with van der Waals surface area (Å²) in [5.74, 6) is 0. The Hall–Kier alpha value is 0.748. The summed E-state index contributed by atoms with van der Waals surface area (Å²) in [7, 11) is 0. The van der Waals surface area contributed by atoms with Crippen molar-refractivity contribution >= 4 is 17.6 Å². The monoisotopic (exact) mass is 205 g/mol. The predicted molar refractivity (Wildman–Crippen MR) is 14.6 cm³/mol. The number of hydrogen-bond donors (Lipinski definition) is 0. The van der Waals surface area contributed by atoms with Gasteiger partial charge in [0.2, 0.25) is 0 Å². The average Bonchev–Trinajstić information content (AvgIpc) is 1.37. The Kier molecular flexibility index (Phi) is 4.45. The molecule has 0 aromatic rings. The number of halogens is 1. The van der Waals surface area contributed by atoms with Gasteiger partial charge in [-0.2, -0.15) is 0 Å². The van der Waals surface area contributed by atoms with E-state index in [2.05, 4.69) is 13.3 Å². The van der Waals surface area contributed by atoms with E-state index in [0.29, 0.717) is 0 Å². The summed E-state index contributed by atoms with van der Waals surface area (Å²) < 4.78 is 1.73. The molecule has 4 heavy (non-hydrogen) atoms. The van der Waals surface area contributed by atoms with Crippen LogP contribution in [0.4, 0.5) is 0 Å². The zero-order chi connectivity index (χ0) is 3.41. The van der Waals surface area contributed by atoms with Crippen molar-refractivity contribution < 1.29 is 20.8 Å². The van der Waals surface area contributed by atoms with Crippen molar-refractivity contribution in [2.24, 2.45) is 0 Å². The summed E-state index contributed by atoms with van der Waals surface area (Å²) in [4.78, 5) is 9.06. The van der Waals surface area contributed by atoms with Gasteiger partial charge in [-0.25, -0.2) is 0 Å². The van der Waals surface area contributed by atoms with Gasteiger partial charge in [0.1, 0.15) is 0 Å². The molecule has 0 rings (SSSR count). The van der Waals surface area contributed by atoms with E-state index in [4.69, 9.17) is 4.79 Å². The molecule has 0 saturated carbocycles. The Labute approximate surface area is 38.6 Å². The van der Waals surface area contributed by atoms with Gasteiger partial charge < -0.3 is 0 Å². The van der Waals surface area contributed by atoms with E-state index < -0.39 is 16.0 Å². The average molecular weight is 204 g/mol. The molecule has 0 aliphatic rings. The number of hydrogen-bond acceptors (Lipinski definition) is 1. The summed E-state index contributed by atoms with van der Waals surface area (Å²) in [6.07, 6.45) is 0. The van der Waals surface area contributed by atoms with E-state index in [-0.39, 0.29) is 0 Å². The quantitative estimate of drug-likeness (QED) is 0.523. The molecule has 0 heterocycles. The first kappa shape index (κ1) is 4.75. The Morgan fingerprint density at radius 1 is 2.00 bits per heavy atom. The first-order valence-corrected chi connectivity index (χ1v) is 6.16. The molecule has 0 atom stereocenters. The summed E-state index contributed by atoms with van der Waals surface area (Å²) in [6.45, 7) is 0. The Balaban J connectivity index is 3.11. The third-order valence-corrected chi connectivity index (χ3v) is 0.968. The van der Waals surface area contributed by atoms with E-state index in [9.17, 15) is 0 Å². The van der Waals surface area contributed by atoms with E-state index in [0.717, 1.165) is 0 Å². The molecule has 0 radical (unpaired) electrons. The minimum absolute atomic E-state index is 0.511. The standard InChI is InChI=1S/CO.BrH.Mo/c1-2;;/h;1H;/q;;+1/p-1. The minimum atomic E-state index is -0.511. The first-order chi connectivity index (χ1) is 1.91. The van der Waals surface area contributed by atoms with Crippen LogP contribution in [0.3, 0.4) is 0 Å². The maximum absolute atomic E-state index is 9.06. The van der Waals surface area contributed by atoms with Crippen LogP contribution in [-0.2, 0) is 20.8 Å². The molecule has 0 aromatic heterocycles. The summed E-state index contributed by atoms with van der Waals surface area (Å²) in [5, 5.41) is 0. The molecule has 0 amide bonds. The van der Waals surface area contributed by atoms with Crippen LogP contribution in [0.5, 0.6) is 0 Å². The summed E-state index contributed by atoms with van der Waals surface area (Å²) in [6, 6.07) is 0. The van der Waals surface area contributed by atoms with Gasteiger partial charge in [0.15, 0.2) is 0 Å². The molecule has 0 N–H and O–H groups in total. The van der Waals surface area contributed by atoms with E-state index in [1.54, 1.807) is 4.27 Å². The molecule has 0 unspecified atom stereocenters. The van der Waals surface area contributed by atoms with Crippen molar-refractivity contribution in [3.05, 3.63) is 0 Å². The molecular formula is CBrMoO. The second-order valence-corrected chi connectivity index (χ2v) is 2.86. The van der Waals surface area contributed by atoms with Crippen molar-refractivity contribution in [3.8, 4) is 0 Å². The molecule has 23 valence electrons. The number of rotatable bonds is 0. The van der Waals surface area contributed by atoms with Crippen LogP contribution in [0.25, 0.3) is 0 Å². The van der Waals surface area contributed by atoms with E-state index in [1.807, 2.05) is 0 Å². The molecular weight excluding hydrogens is 204 g/mol. The van der Waals surface area contributed by atoms with E-state index in [1.165, 1.54) is 0 Å². The Morgan fingerprint density at radius 2 is 2.25 bits per heavy atom. The van der Waals surface area contributed by atoms with Crippen molar-refractivity contribution in [1.82, 2.24) is 0 Å². The van der Waals surface area contributed by atoms with Gasteiger partial charge in [0, 0.05) is 0 Å². The van der Waals surface area contributed by atoms with E-state index >= 15 is 0 Å². The molecule has 0 spiro atoms. The summed E-state index contributed by atoms with van der Waals surface area (Å²) >= 11 is 2.44. The van der Waals surface area contributed by atoms with Crippen LogP contribution in [0.2, 0.25) is 0 Å². The predicted octanol–water partition coefficient (Wildman–Crippen LogP) is 0.446. The third kappa shape index (κ3) is 2.75. The van der Waals surface area contributed by atoms with Crippen LogP contribution in [0.1, 0.15) is 0 Å². The zero-order valence-corrected chi connectivity index (χ0v) is 5.29. The molecule has 0 bridgehead atoms. The van der Waals surface area contributed by atoms with Gasteiger partial charge in [-0.05, 0) is 0 Å². The molecule has 1 nitrogen and oxygen atoms in total. The van der Waals surface area contributed by atoms with Crippen LogP contribution < -0.4 is 0 Å². The van der Waals surface area contributed by atoms with Crippen molar-refractivity contribution in [2.45, 2.75) is 0 Å².